The Morgan fingerprint density at radius 1 is 1.13 bits per heavy atom. The minimum atomic E-state index is -0.413. The van der Waals surface area contributed by atoms with E-state index in [1.165, 1.54) is 10.6 Å². The van der Waals surface area contributed by atoms with Crippen LogP contribution in [0.1, 0.15) is 32.3 Å². The first-order valence-electron chi connectivity index (χ1n) is 10.3. The molecule has 0 saturated carbocycles. The van der Waals surface area contributed by atoms with E-state index < -0.39 is 5.69 Å². The normalized spacial score (nSPS) is 11.6. The predicted octanol–water partition coefficient (Wildman–Crippen LogP) is 3.75. The number of phenols is 2. The maximum atomic E-state index is 12.6. The number of hydrogen-bond donors (Lipinski definition) is 3. The van der Waals surface area contributed by atoms with Crippen molar-refractivity contribution in [1.29, 1.82) is 0 Å². The van der Waals surface area contributed by atoms with Gasteiger partial charge in [-0.15, -0.1) is 0 Å². The largest absolute Gasteiger partial charge is 0.508 e. The van der Waals surface area contributed by atoms with E-state index in [1.807, 2.05) is 51.2 Å². The Kier molecular flexibility index (Phi) is 5.56. The van der Waals surface area contributed by atoms with Crippen LogP contribution in [0.15, 0.2) is 47.4 Å². The second kappa shape index (κ2) is 8.31. The minimum Gasteiger partial charge on any atom is -0.508 e. The van der Waals surface area contributed by atoms with Crippen LogP contribution in [0.2, 0.25) is 0 Å². The van der Waals surface area contributed by atoms with Gasteiger partial charge in [0.2, 0.25) is 0 Å². The van der Waals surface area contributed by atoms with E-state index in [0.717, 1.165) is 17.4 Å². The summed E-state index contributed by atoms with van der Waals surface area (Å²) in [6, 6.07) is 10.7. The van der Waals surface area contributed by atoms with Gasteiger partial charge in [0.15, 0.2) is 5.82 Å². The van der Waals surface area contributed by atoms with Gasteiger partial charge in [0.1, 0.15) is 11.5 Å². The number of aromatic nitrogens is 4. The molecule has 4 rings (SSSR count). The number of fused-ring (bicyclic) bond motifs is 1. The van der Waals surface area contributed by atoms with E-state index in [2.05, 4.69) is 14.8 Å². The highest BCUT2D eigenvalue weighted by Gasteiger charge is 2.20. The second-order valence-corrected chi connectivity index (χ2v) is 7.72. The summed E-state index contributed by atoms with van der Waals surface area (Å²) in [6.45, 7) is 7.91. The molecule has 2 heterocycles. The van der Waals surface area contributed by atoms with Crippen molar-refractivity contribution in [3.8, 4) is 28.6 Å². The molecule has 0 spiro atoms. The van der Waals surface area contributed by atoms with Gasteiger partial charge < -0.3 is 19.5 Å². The number of nitrogens with one attached hydrogen (secondary N) is 1. The summed E-state index contributed by atoms with van der Waals surface area (Å²) >= 11 is 0. The number of rotatable bonds is 7. The van der Waals surface area contributed by atoms with Crippen molar-refractivity contribution in [2.45, 2.75) is 33.2 Å². The van der Waals surface area contributed by atoms with Gasteiger partial charge in [0, 0.05) is 36.3 Å². The number of ether oxygens (including phenoxy) is 1. The number of benzene rings is 2. The van der Waals surface area contributed by atoms with Crippen molar-refractivity contribution in [1.82, 2.24) is 19.3 Å². The van der Waals surface area contributed by atoms with Gasteiger partial charge in [-0.3, -0.25) is 0 Å². The van der Waals surface area contributed by atoms with Gasteiger partial charge in [-0.05, 0) is 48.7 Å². The van der Waals surface area contributed by atoms with Gasteiger partial charge in [0.05, 0.1) is 17.9 Å². The highest BCUT2D eigenvalue weighted by Crippen LogP contribution is 2.37. The van der Waals surface area contributed by atoms with E-state index in [4.69, 9.17) is 4.74 Å². The fraction of sp³-hybridized carbons (Fsp3) is 0.304. The molecule has 0 aliphatic heterocycles. The van der Waals surface area contributed by atoms with Gasteiger partial charge in [-0.2, -0.15) is 5.10 Å². The van der Waals surface area contributed by atoms with Crippen LogP contribution in [-0.4, -0.2) is 42.8 Å². The van der Waals surface area contributed by atoms with Gasteiger partial charge in [-0.25, -0.2) is 14.5 Å². The zero-order valence-corrected chi connectivity index (χ0v) is 17.8. The van der Waals surface area contributed by atoms with Crippen LogP contribution >= 0.6 is 0 Å². The van der Waals surface area contributed by atoms with E-state index in [9.17, 15) is 15.0 Å². The van der Waals surface area contributed by atoms with E-state index in [0.29, 0.717) is 30.0 Å². The Morgan fingerprint density at radius 3 is 2.68 bits per heavy atom. The molecule has 0 aliphatic rings. The topological polar surface area (TPSA) is 105 Å². The molecule has 0 unspecified atom stereocenters. The molecule has 0 radical (unpaired) electrons. The fourth-order valence-electron chi connectivity index (χ4n) is 3.78. The first kappa shape index (κ1) is 20.7. The minimum absolute atomic E-state index is 0.00972. The van der Waals surface area contributed by atoms with E-state index in [1.54, 1.807) is 6.07 Å². The van der Waals surface area contributed by atoms with Gasteiger partial charge in [-0.1, -0.05) is 13.8 Å². The summed E-state index contributed by atoms with van der Waals surface area (Å²) in [6.07, 6.45) is 1.99. The number of hydrogen-bond acceptors (Lipinski definition) is 5. The summed E-state index contributed by atoms with van der Waals surface area (Å²) in [5, 5.41) is 28.2. The fourth-order valence-corrected chi connectivity index (χ4v) is 3.78. The Bertz CT molecular complexity index is 1280. The number of aromatic amines is 1. The smallest absolute Gasteiger partial charge is 0.348 e. The summed E-state index contributed by atoms with van der Waals surface area (Å²) in [5.74, 6) is 0.173. The van der Waals surface area contributed by atoms with Crippen LogP contribution < -0.4 is 5.69 Å². The molecule has 0 saturated heterocycles. The Hall–Kier alpha value is -3.52. The van der Waals surface area contributed by atoms with Crippen LogP contribution in [0.5, 0.6) is 11.5 Å². The predicted molar refractivity (Wildman–Crippen MR) is 119 cm³/mol. The molecular weight excluding hydrogens is 396 g/mol. The van der Waals surface area contributed by atoms with Crippen LogP contribution in [-0.2, 0) is 11.3 Å². The number of nitrogens with zero attached hydrogens (tertiary/aromatic N) is 3. The molecule has 8 heteroatoms. The molecule has 0 bridgehead atoms. The third-order valence-electron chi connectivity index (χ3n) is 5.37. The van der Waals surface area contributed by atoms with Crippen molar-refractivity contribution in [2.24, 2.45) is 0 Å². The Labute approximate surface area is 179 Å². The molecule has 4 aromatic rings. The molecule has 31 heavy (non-hydrogen) atoms. The molecule has 162 valence electrons. The summed E-state index contributed by atoms with van der Waals surface area (Å²) in [5.41, 5.74) is 2.29. The average molecular weight is 422 g/mol. The maximum absolute atomic E-state index is 12.6. The molecule has 0 amide bonds. The average Bonchev–Trinajstić information content (AvgIpc) is 3.31. The zero-order valence-electron chi connectivity index (χ0n) is 17.8. The Morgan fingerprint density at radius 2 is 1.94 bits per heavy atom. The molecule has 0 aliphatic carbocycles. The number of phenolic OH excluding ortho intramolecular Hbond substituents is 2. The third kappa shape index (κ3) is 3.82. The molecule has 2 aromatic carbocycles. The lowest BCUT2D eigenvalue weighted by atomic mass is 9.98. The van der Waals surface area contributed by atoms with Crippen LogP contribution in [0, 0.1) is 0 Å². The lowest BCUT2D eigenvalue weighted by Crippen LogP contribution is -2.15. The molecule has 2 aromatic heterocycles. The molecule has 3 N–H and O–H groups in total. The maximum Gasteiger partial charge on any atom is 0.348 e. The lowest BCUT2D eigenvalue weighted by molar-refractivity contribution is 0.140. The Balaban J connectivity index is 1.79. The quantitative estimate of drug-likeness (QED) is 0.393. The third-order valence-corrected chi connectivity index (χ3v) is 5.37. The van der Waals surface area contributed by atoms with Crippen LogP contribution in [0.4, 0.5) is 0 Å². The number of H-pyrrole nitrogens is 1. The highest BCUT2D eigenvalue weighted by atomic mass is 16.5. The highest BCUT2D eigenvalue weighted by molar-refractivity contribution is 5.83. The summed E-state index contributed by atoms with van der Waals surface area (Å²) in [4.78, 5) is 12.6. The van der Waals surface area contributed by atoms with Crippen molar-refractivity contribution in [3.05, 3.63) is 58.6 Å². The second-order valence-electron chi connectivity index (χ2n) is 7.72. The van der Waals surface area contributed by atoms with E-state index in [-0.39, 0.29) is 23.2 Å². The van der Waals surface area contributed by atoms with Crippen molar-refractivity contribution in [3.63, 3.8) is 0 Å². The SMILES string of the molecule is CCOCCn1ccc2cc(-n3c(-c4cc(C(C)C)c(O)cc4O)n[nH]c3=O)ccc21. The first-order valence-corrected chi connectivity index (χ1v) is 10.3. The monoisotopic (exact) mass is 422 g/mol. The standard InChI is InChI=1S/C23H26N4O4/c1-4-31-10-9-26-8-7-15-11-16(5-6-19(15)26)27-22(24-25-23(27)30)18-12-17(14(2)3)20(28)13-21(18)29/h5-8,11-14,28-29H,4,9-10H2,1-3H3,(H,25,30). The van der Waals surface area contributed by atoms with Gasteiger partial charge >= 0.3 is 5.69 Å². The van der Waals surface area contributed by atoms with Crippen molar-refractivity contribution < 1.29 is 14.9 Å². The van der Waals surface area contributed by atoms with Crippen LogP contribution in [0.25, 0.3) is 28.0 Å². The van der Waals surface area contributed by atoms with Crippen molar-refractivity contribution in [2.75, 3.05) is 13.2 Å². The first-order chi connectivity index (χ1) is 14.9. The number of aromatic hydroxyl groups is 2. The summed E-state index contributed by atoms with van der Waals surface area (Å²) < 4.78 is 8.97. The van der Waals surface area contributed by atoms with Crippen molar-refractivity contribution >= 4 is 10.9 Å². The van der Waals surface area contributed by atoms with Gasteiger partial charge in [0.25, 0.3) is 0 Å². The van der Waals surface area contributed by atoms with E-state index >= 15 is 0 Å². The molecule has 8 nitrogen and oxygen atoms in total. The zero-order chi connectivity index (χ0) is 22.1. The van der Waals surface area contributed by atoms with Crippen LogP contribution in [0.3, 0.4) is 0 Å². The molecule has 0 atom stereocenters. The lowest BCUT2D eigenvalue weighted by Gasteiger charge is -2.13. The molecular formula is C23H26N4O4. The summed E-state index contributed by atoms with van der Waals surface area (Å²) in [7, 11) is 0. The molecule has 0 fully saturated rings.